The third-order valence-electron chi connectivity index (χ3n) is 1.88. The summed E-state index contributed by atoms with van der Waals surface area (Å²) in [5.74, 6) is 0.0365. The third kappa shape index (κ3) is 4.39. The highest BCUT2D eigenvalue weighted by Crippen LogP contribution is 2.08. The molecule has 0 aliphatic heterocycles. The van der Waals surface area contributed by atoms with Crippen molar-refractivity contribution >= 4 is 0 Å². The van der Waals surface area contributed by atoms with Crippen LogP contribution < -0.4 is 5.48 Å². The zero-order valence-corrected chi connectivity index (χ0v) is 9.46. The van der Waals surface area contributed by atoms with Crippen LogP contribution in [0.15, 0.2) is 18.2 Å². The lowest BCUT2D eigenvalue weighted by atomic mass is 10.1. The molecule has 0 heterocycles. The fraction of sp³-hybridized carbons (Fsp3) is 0.417. The fourth-order valence-electron chi connectivity index (χ4n) is 1.18. The average Bonchev–Trinajstić information content (AvgIpc) is 2.23. The number of nitrogens with zero attached hydrogens (tertiary/aromatic N) is 1. The standard InChI is InChI=1S/C12H15FN2O/c1-9(2)8-16-15-7-11-3-10(6-14)4-12(13)5-11/h3-5,9,15H,7-8H2,1-2H3. The van der Waals surface area contributed by atoms with Gasteiger partial charge < -0.3 is 4.84 Å². The Bertz CT molecular complexity index is 385. The van der Waals surface area contributed by atoms with E-state index in [0.717, 1.165) is 0 Å². The van der Waals surface area contributed by atoms with Gasteiger partial charge in [0.05, 0.1) is 18.2 Å². The van der Waals surface area contributed by atoms with E-state index in [1.165, 1.54) is 12.1 Å². The van der Waals surface area contributed by atoms with Crippen LogP contribution in [0.1, 0.15) is 25.0 Å². The van der Waals surface area contributed by atoms with Crippen molar-refractivity contribution in [1.82, 2.24) is 5.48 Å². The number of benzene rings is 1. The van der Waals surface area contributed by atoms with Crippen LogP contribution in [0, 0.1) is 23.1 Å². The molecule has 3 nitrogen and oxygen atoms in total. The predicted octanol–water partition coefficient (Wildman–Crippen LogP) is 2.37. The number of rotatable bonds is 5. The molecule has 0 aliphatic rings. The molecular weight excluding hydrogens is 207 g/mol. The Kier molecular flexibility index (Phi) is 4.90. The van der Waals surface area contributed by atoms with Gasteiger partial charge >= 0.3 is 0 Å². The van der Waals surface area contributed by atoms with E-state index < -0.39 is 5.82 Å². The molecule has 0 aliphatic carbocycles. The molecule has 1 aromatic rings. The summed E-state index contributed by atoms with van der Waals surface area (Å²) >= 11 is 0. The average molecular weight is 222 g/mol. The summed E-state index contributed by atoms with van der Waals surface area (Å²) < 4.78 is 13.0. The Labute approximate surface area is 94.8 Å². The van der Waals surface area contributed by atoms with E-state index >= 15 is 0 Å². The van der Waals surface area contributed by atoms with Crippen molar-refractivity contribution in [3.8, 4) is 6.07 Å². The lowest BCUT2D eigenvalue weighted by molar-refractivity contribution is 0.0196. The lowest BCUT2D eigenvalue weighted by Crippen LogP contribution is -2.17. The van der Waals surface area contributed by atoms with E-state index in [1.54, 1.807) is 6.07 Å². The Hall–Kier alpha value is -1.44. The van der Waals surface area contributed by atoms with E-state index in [0.29, 0.717) is 30.2 Å². The quantitative estimate of drug-likeness (QED) is 0.614. The van der Waals surface area contributed by atoms with Crippen molar-refractivity contribution in [2.45, 2.75) is 20.4 Å². The van der Waals surface area contributed by atoms with Crippen LogP contribution in [-0.2, 0) is 11.4 Å². The summed E-state index contributed by atoms with van der Waals surface area (Å²) in [4.78, 5) is 5.16. The summed E-state index contributed by atoms with van der Waals surface area (Å²) in [6.07, 6.45) is 0. The van der Waals surface area contributed by atoms with E-state index in [-0.39, 0.29) is 0 Å². The number of hydrogen-bond donors (Lipinski definition) is 1. The molecule has 0 saturated carbocycles. The van der Waals surface area contributed by atoms with Crippen molar-refractivity contribution in [3.63, 3.8) is 0 Å². The Balaban J connectivity index is 2.48. The molecule has 0 fully saturated rings. The molecule has 16 heavy (non-hydrogen) atoms. The molecule has 86 valence electrons. The van der Waals surface area contributed by atoms with Crippen molar-refractivity contribution in [2.75, 3.05) is 6.61 Å². The molecular formula is C12H15FN2O. The molecule has 1 aromatic carbocycles. The summed E-state index contributed by atoms with van der Waals surface area (Å²) in [6, 6.07) is 6.13. The first-order valence-electron chi connectivity index (χ1n) is 5.16. The first-order valence-corrected chi connectivity index (χ1v) is 5.16. The minimum atomic E-state index is -0.403. The molecule has 0 amide bonds. The zero-order chi connectivity index (χ0) is 12.0. The van der Waals surface area contributed by atoms with Gasteiger partial charge in [-0.2, -0.15) is 10.7 Å². The first-order chi connectivity index (χ1) is 7.61. The summed E-state index contributed by atoms with van der Waals surface area (Å²) in [7, 11) is 0. The summed E-state index contributed by atoms with van der Waals surface area (Å²) in [5, 5.41) is 8.66. The third-order valence-corrected chi connectivity index (χ3v) is 1.88. The lowest BCUT2D eigenvalue weighted by Gasteiger charge is -2.08. The molecule has 0 saturated heterocycles. The van der Waals surface area contributed by atoms with E-state index in [1.807, 2.05) is 19.9 Å². The maximum atomic E-state index is 13.0. The molecule has 4 heteroatoms. The summed E-state index contributed by atoms with van der Waals surface area (Å²) in [5.41, 5.74) is 3.75. The van der Waals surface area contributed by atoms with Crippen LogP contribution in [-0.4, -0.2) is 6.61 Å². The van der Waals surface area contributed by atoms with Crippen molar-refractivity contribution in [3.05, 3.63) is 35.1 Å². The smallest absolute Gasteiger partial charge is 0.124 e. The maximum absolute atomic E-state index is 13.0. The van der Waals surface area contributed by atoms with Gasteiger partial charge in [-0.1, -0.05) is 13.8 Å². The van der Waals surface area contributed by atoms with E-state index in [9.17, 15) is 4.39 Å². The number of hydrogen-bond acceptors (Lipinski definition) is 3. The minimum Gasteiger partial charge on any atom is -0.301 e. The molecule has 0 spiro atoms. The SMILES string of the molecule is CC(C)CONCc1cc(F)cc(C#N)c1. The normalized spacial score (nSPS) is 10.4. The van der Waals surface area contributed by atoms with Gasteiger partial charge in [0, 0.05) is 6.54 Å². The fourth-order valence-corrected chi connectivity index (χ4v) is 1.18. The van der Waals surface area contributed by atoms with Gasteiger partial charge in [-0.25, -0.2) is 4.39 Å². The number of nitriles is 1. The second-order valence-electron chi connectivity index (χ2n) is 3.99. The highest BCUT2D eigenvalue weighted by Gasteiger charge is 2.00. The number of halogens is 1. The van der Waals surface area contributed by atoms with E-state index in [2.05, 4.69) is 5.48 Å². The Morgan fingerprint density at radius 2 is 2.19 bits per heavy atom. The highest BCUT2D eigenvalue weighted by atomic mass is 19.1. The number of nitrogens with one attached hydrogen (secondary N) is 1. The largest absolute Gasteiger partial charge is 0.301 e. The van der Waals surface area contributed by atoms with Crippen molar-refractivity contribution in [2.24, 2.45) is 5.92 Å². The topological polar surface area (TPSA) is 45.0 Å². The van der Waals surface area contributed by atoms with Crippen LogP contribution in [0.25, 0.3) is 0 Å². The van der Waals surface area contributed by atoms with Crippen molar-refractivity contribution < 1.29 is 9.23 Å². The molecule has 0 unspecified atom stereocenters. The second kappa shape index (κ2) is 6.21. The monoisotopic (exact) mass is 222 g/mol. The molecule has 0 atom stereocenters. The van der Waals surface area contributed by atoms with Crippen LogP contribution in [0.5, 0.6) is 0 Å². The molecule has 1 N–H and O–H groups in total. The van der Waals surface area contributed by atoms with Gasteiger partial charge in [-0.05, 0) is 29.7 Å². The molecule has 1 rings (SSSR count). The summed E-state index contributed by atoms with van der Waals surface area (Å²) in [6.45, 7) is 5.06. The highest BCUT2D eigenvalue weighted by molar-refractivity contribution is 5.33. The maximum Gasteiger partial charge on any atom is 0.124 e. The van der Waals surface area contributed by atoms with Crippen LogP contribution in [0.3, 0.4) is 0 Å². The van der Waals surface area contributed by atoms with Crippen LogP contribution in [0.4, 0.5) is 4.39 Å². The molecule has 0 bridgehead atoms. The van der Waals surface area contributed by atoms with Gasteiger partial charge in [0.25, 0.3) is 0 Å². The Morgan fingerprint density at radius 3 is 2.81 bits per heavy atom. The van der Waals surface area contributed by atoms with Gasteiger partial charge in [-0.3, -0.25) is 0 Å². The van der Waals surface area contributed by atoms with E-state index in [4.69, 9.17) is 10.1 Å². The second-order valence-corrected chi connectivity index (χ2v) is 3.99. The zero-order valence-electron chi connectivity index (χ0n) is 9.46. The minimum absolute atomic E-state index is 0.320. The van der Waals surface area contributed by atoms with Crippen LogP contribution >= 0.6 is 0 Å². The van der Waals surface area contributed by atoms with Crippen molar-refractivity contribution in [1.29, 1.82) is 5.26 Å². The first kappa shape index (κ1) is 12.6. The van der Waals surface area contributed by atoms with Gasteiger partial charge in [0.2, 0.25) is 0 Å². The molecule has 0 aromatic heterocycles. The van der Waals surface area contributed by atoms with Gasteiger partial charge in [-0.15, -0.1) is 0 Å². The number of hydroxylamine groups is 1. The molecule has 0 radical (unpaired) electrons. The van der Waals surface area contributed by atoms with Gasteiger partial charge in [0.1, 0.15) is 5.82 Å². The van der Waals surface area contributed by atoms with Gasteiger partial charge in [0.15, 0.2) is 0 Å². The predicted molar refractivity (Wildman–Crippen MR) is 58.7 cm³/mol. The van der Waals surface area contributed by atoms with Crippen LogP contribution in [0.2, 0.25) is 0 Å². The Morgan fingerprint density at radius 1 is 1.44 bits per heavy atom.